The van der Waals surface area contributed by atoms with Crippen molar-refractivity contribution in [2.24, 2.45) is 5.73 Å². The van der Waals surface area contributed by atoms with Crippen LogP contribution in [0.25, 0.3) is 0 Å². The number of hydrogen-bond donors (Lipinski definition) is 1. The highest BCUT2D eigenvalue weighted by Gasteiger charge is 2.43. The zero-order chi connectivity index (χ0) is 23.8. The summed E-state index contributed by atoms with van der Waals surface area (Å²) in [5.74, 6) is 0.0410. The van der Waals surface area contributed by atoms with Crippen LogP contribution in [0.3, 0.4) is 0 Å². The average Bonchev–Trinajstić information content (AvgIpc) is 3.24. The summed E-state index contributed by atoms with van der Waals surface area (Å²) in [5.41, 5.74) is 11.6. The predicted molar refractivity (Wildman–Crippen MR) is 138 cm³/mol. The van der Waals surface area contributed by atoms with Crippen LogP contribution in [0.4, 0.5) is 5.69 Å². The smallest absolute Gasteiger partial charge is 0.162 e. The number of nitrogens with two attached hydrogens (primary N) is 1. The number of aromatic nitrogens is 1. The van der Waals surface area contributed by atoms with Gasteiger partial charge in [-0.25, -0.2) is 0 Å². The molecule has 0 saturated heterocycles. The lowest BCUT2D eigenvalue weighted by Gasteiger charge is -2.41. The first-order valence-electron chi connectivity index (χ1n) is 11.1. The summed E-state index contributed by atoms with van der Waals surface area (Å²) in [6.45, 7) is 2.06. The molecule has 0 amide bonds. The maximum atomic E-state index is 13.9. The molecule has 0 spiro atoms. The van der Waals surface area contributed by atoms with E-state index in [-0.39, 0.29) is 11.7 Å². The van der Waals surface area contributed by atoms with Gasteiger partial charge < -0.3 is 5.73 Å². The molecule has 5 rings (SSSR count). The normalized spacial score (nSPS) is 20.4. The number of carbonyl (C=O) groups excluding carboxylic acids is 1. The van der Waals surface area contributed by atoms with Crippen LogP contribution in [0.5, 0.6) is 0 Å². The number of thiophene rings is 1. The lowest BCUT2D eigenvalue weighted by Crippen LogP contribution is -2.40. The number of anilines is 1. The van der Waals surface area contributed by atoms with Crippen LogP contribution in [-0.2, 0) is 4.79 Å². The van der Waals surface area contributed by atoms with Crippen molar-refractivity contribution >= 4 is 34.6 Å². The average molecular weight is 485 g/mol. The van der Waals surface area contributed by atoms with E-state index in [9.17, 15) is 10.1 Å². The van der Waals surface area contributed by atoms with E-state index < -0.39 is 5.92 Å². The molecule has 1 aromatic carbocycles. The van der Waals surface area contributed by atoms with Gasteiger partial charge in [0, 0.05) is 28.8 Å². The standard InChI is InChI=1S/C27H24N4OS2/c1-16-11-20(27(33-2)34-16)24-21(14-28)26(29)31(19-9-6-10-30-15-19)22-12-18(13-23(32)25(22)24)17-7-4-3-5-8-17/h3-11,15,18,24H,12-13,29H2,1-2H3/t18-,24+/m0/s1. The third-order valence-corrected chi connectivity index (χ3v) is 8.70. The summed E-state index contributed by atoms with van der Waals surface area (Å²) in [7, 11) is 0. The summed E-state index contributed by atoms with van der Waals surface area (Å²) >= 11 is 3.34. The molecule has 1 aliphatic carbocycles. The lowest BCUT2D eigenvalue weighted by atomic mass is 9.72. The van der Waals surface area contributed by atoms with E-state index in [4.69, 9.17) is 5.73 Å². The Morgan fingerprint density at radius 1 is 1.21 bits per heavy atom. The predicted octanol–water partition coefficient (Wildman–Crippen LogP) is 5.87. The Morgan fingerprint density at radius 2 is 2.00 bits per heavy atom. The number of nitrogens with zero attached hydrogens (tertiary/aromatic N) is 3. The van der Waals surface area contributed by atoms with E-state index in [0.717, 1.165) is 31.6 Å². The number of aryl methyl sites for hydroxylation is 1. The second kappa shape index (κ2) is 9.13. The number of benzene rings is 1. The Kier molecular flexibility index (Phi) is 6.03. The van der Waals surface area contributed by atoms with Crippen molar-refractivity contribution in [3.63, 3.8) is 0 Å². The van der Waals surface area contributed by atoms with Gasteiger partial charge in [0.05, 0.1) is 33.7 Å². The van der Waals surface area contributed by atoms with Crippen molar-refractivity contribution < 1.29 is 4.79 Å². The molecule has 1 aliphatic heterocycles. The third-order valence-electron chi connectivity index (χ3n) is 6.49. The summed E-state index contributed by atoms with van der Waals surface area (Å²) in [6.07, 6.45) is 6.53. The van der Waals surface area contributed by atoms with Crippen molar-refractivity contribution in [1.29, 1.82) is 5.26 Å². The SMILES string of the molecule is CSc1sc(C)cc1[C@@H]1C(C#N)=C(N)N(c2cccnc2)C2=C1C(=O)C[C@@H](c1ccccc1)C2. The summed E-state index contributed by atoms with van der Waals surface area (Å²) < 4.78 is 1.11. The van der Waals surface area contributed by atoms with E-state index in [1.165, 1.54) is 0 Å². The number of hydrogen-bond acceptors (Lipinski definition) is 7. The van der Waals surface area contributed by atoms with Gasteiger partial charge in [0.15, 0.2) is 5.78 Å². The van der Waals surface area contributed by atoms with Crippen molar-refractivity contribution in [3.8, 4) is 6.07 Å². The van der Waals surface area contributed by atoms with Crippen molar-refractivity contribution in [1.82, 2.24) is 4.98 Å². The Bertz CT molecular complexity index is 1350. The molecule has 0 radical (unpaired) electrons. The fourth-order valence-corrected chi connectivity index (χ4v) is 6.97. The van der Waals surface area contributed by atoms with E-state index >= 15 is 0 Å². The van der Waals surface area contributed by atoms with E-state index in [2.05, 4.69) is 36.2 Å². The fraction of sp³-hybridized carbons (Fsp3) is 0.222. The highest BCUT2D eigenvalue weighted by atomic mass is 32.2. The van der Waals surface area contributed by atoms with Gasteiger partial charge in [-0.3, -0.25) is 14.7 Å². The van der Waals surface area contributed by atoms with Crippen molar-refractivity contribution in [2.75, 3.05) is 11.2 Å². The fourth-order valence-electron chi connectivity index (χ4n) is 5.06. The largest absolute Gasteiger partial charge is 0.384 e. The van der Waals surface area contributed by atoms with E-state index in [0.29, 0.717) is 29.8 Å². The minimum atomic E-state index is -0.454. The number of thioether (sulfide) groups is 1. The van der Waals surface area contributed by atoms with Crippen molar-refractivity contribution in [2.45, 2.75) is 35.8 Å². The van der Waals surface area contributed by atoms with Crippen LogP contribution in [0.15, 0.2) is 87.8 Å². The van der Waals surface area contributed by atoms with Crippen LogP contribution in [-0.4, -0.2) is 17.0 Å². The topological polar surface area (TPSA) is 83.0 Å². The van der Waals surface area contributed by atoms with Crippen molar-refractivity contribution in [3.05, 3.63) is 99.6 Å². The minimum Gasteiger partial charge on any atom is -0.384 e. The van der Waals surface area contributed by atoms with Crippen LogP contribution in [0, 0.1) is 18.3 Å². The first-order chi connectivity index (χ1) is 16.5. The van der Waals surface area contributed by atoms with Crippen LogP contribution in [0.1, 0.15) is 40.7 Å². The maximum absolute atomic E-state index is 13.9. The molecule has 0 unspecified atom stereocenters. The third kappa shape index (κ3) is 3.73. The Labute approximate surface area is 207 Å². The number of ketones is 1. The number of Topliss-reactive ketones (excluding diaryl/α,β-unsaturated/α-hetero) is 1. The molecule has 2 N–H and O–H groups in total. The summed E-state index contributed by atoms with van der Waals surface area (Å²) in [5, 5.41) is 10.3. The minimum absolute atomic E-state index is 0.0490. The zero-order valence-electron chi connectivity index (χ0n) is 19.0. The van der Waals surface area contributed by atoms with Crippen LogP contribution in [0.2, 0.25) is 0 Å². The second-order valence-electron chi connectivity index (χ2n) is 8.49. The lowest BCUT2D eigenvalue weighted by molar-refractivity contribution is -0.116. The van der Waals surface area contributed by atoms with Gasteiger partial charge >= 0.3 is 0 Å². The molecule has 34 heavy (non-hydrogen) atoms. The quantitative estimate of drug-likeness (QED) is 0.466. The van der Waals surface area contributed by atoms with Gasteiger partial charge in [-0.2, -0.15) is 5.26 Å². The monoisotopic (exact) mass is 484 g/mol. The Morgan fingerprint density at radius 3 is 2.68 bits per heavy atom. The van der Waals surface area contributed by atoms with E-state index in [1.54, 1.807) is 35.5 Å². The molecule has 0 fully saturated rings. The molecule has 0 bridgehead atoms. The molecule has 7 heteroatoms. The van der Waals surface area contributed by atoms with Gasteiger partial charge in [0.25, 0.3) is 0 Å². The first-order valence-corrected chi connectivity index (χ1v) is 13.1. The van der Waals surface area contributed by atoms with Gasteiger partial charge in [-0.05, 0) is 54.8 Å². The molecule has 3 heterocycles. The second-order valence-corrected chi connectivity index (χ2v) is 10.8. The highest BCUT2D eigenvalue weighted by Crippen LogP contribution is 2.51. The number of nitriles is 1. The molecule has 2 atom stereocenters. The Hall–Kier alpha value is -3.34. The van der Waals surface area contributed by atoms with Gasteiger partial charge in [0.1, 0.15) is 5.82 Å². The van der Waals surface area contributed by atoms with E-state index in [1.807, 2.05) is 41.5 Å². The highest BCUT2D eigenvalue weighted by molar-refractivity contribution is 8.00. The summed E-state index contributed by atoms with van der Waals surface area (Å²) in [4.78, 5) is 21.2. The van der Waals surface area contributed by atoms with Gasteiger partial charge in [-0.15, -0.1) is 23.1 Å². The number of rotatable bonds is 4. The van der Waals surface area contributed by atoms with Crippen LogP contribution >= 0.6 is 23.1 Å². The molecule has 3 aromatic rings. The Balaban J connectivity index is 1.74. The molecule has 0 saturated carbocycles. The molecule has 5 nitrogen and oxygen atoms in total. The molecule has 2 aliphatic rings. The number of allylic oxidation sites excluding steroid dienone is 3. The number of pyridine rings is 1. The van der Waals surface area contributed by atoms with Crippen LogP contribution < -0.4 is 10.6 Å². The zero-order valence-corrected chi connectivity index (χ0v) is 20.6. The maximum Gasteiger partial charge on any atom is 0.162 e. The first kappa shape index (κ1) is 22.5. The van der Waals surface area contributed by atoms with Gasteiger partial charge in [0.2, 0.25) is 0 Å². The summed E-state index contributed by atoms with van der Waals surface area (Å²) in [6, 6.07) is 18.4. The van der Waals surface area contributed by atoms with Gasteiger partial charge in [-0.1, -0.05) is 30.3 Å². The molecular formula is C27H24N4OS2. The molecule has 2 aromatic heterocycles. The number of carbonyl (C=O) groups is 1. The molecule has 170 valence electrons. The molecular weight excluding hydrogens is 460 g/mol.